The van der Waals surface area contributed by atoms with Gasteiger partial charge in [-0.2, -0.15) is 0 Å². The van der Waals surface area contributed by atoms with Crippen molar-refractivity contribution in [2.75, 3.05) is 0 Å². The fourth-order valence-corrected chi connectivity index (χ4v) is 6.32. The molecule has 46 heavy (non-hydrogen) atoms. The van der Waals surface area contributed by atoms with Crippen LogP contribution in [0.25, 0.3) is 0 Å². The molecule has 0 bridgehead atoms. The van der Waals surface area contributed by atoms with Crippen molar-refractivity contribution < 1.29 is 28.7 Å². The van der Waals surface area contributed by atoms with Crippen molar-refractivity contribution in [2.45, 2.75) is 119 Å². The Morgan fingerprint density at radius 1 is 0.826 bits per heavy atom. The van der Waals surface area contributed by atoms with E-state index in [1.54, 1.807) is 71.9 Å². The minimum atomic E-state index is -1.78. The number of benzene rings is 2. The lowest BCUT2D eigenvalue weighted by Crippen LogP contribution is -2.55. The van der Waals surface area contributed by atoms with Crippen LogP contribution in [0, 0.1) is 25.7 Å². The van der Waals surface area contributed by atoms with E-state index in [2.05, 4.69) is 17.0 Å². The summed E-state index contributed by atoms with van der Waals surface area (Å²) in [7, 11) is 0.807. The minimum absolute atomic E-state index is 0.0697. The number of amides is 2. The Kier molecular flexibility index (Phi) is 13.4. The predicted octanol–water partition coefficient (Wildman–Crippen LogP) is 8.01. The molecule has 2 rings (SSSR count). The number of hydrogen-bond donors (Lipinski definition) is 2. The molecule has 0 aliphatic heterocycles. The molecular formula is C36H52N2O6S2. The number of rotatable bonds is 12. The molecule has 0 radical (unpaired) electrons. The summed E-state index contributed by atoms with van der Waals surface area (Å²) in [5.41, 5.74) is -0.943. The van der Waals surface area contributed by atoms with E-state index < -0.39 is 46.5 Å². The quantitative estimate of drug-likeness (QED) is 0.102. The van der Waals surface area contributed by atoms with E-state index in [1.165, 1.54) is 4.31 Å². The molecule has 0 fully saturated rings. The van der Waals surface area contributed by atoms with Gasteiger partial charge in [0.1, 0.15) is 17.2 Å². The van der Waals surface area contributed by atoms with Crippen molar-refractivity contribution in [3.8, 4) is 0 Å². The normalized spacial score (nSPS) is 14.0. The van der Waals surface area contributed by atoms with Crippen LogP contribution in [0.5, 0.6) is 0 Å². The van der Waals surface area contributed by atoms with E-state index >= 15 is 0 Å². The molecule has 8 nitrogen and oxygen atoms in total. The van der Waals surface area contributed by atoms with Gasteiger partial charge in [0.05, 0.1) is 0 Å². The Morgan fingerprint density at radius 2 is 1.37 bits per heavy atom. The molecule has 1 N–H and O–H groups in total. The van der Waals surface area contributed by atoms with E-state index in [0.29, 0.717) is 12.0 Å². The smallest absolute Gasteiger partial charge is 0.338 e. The molecule has 0 aliphatic rings. The number of thiol groups is 1. The Bertz CT molecular complexity index is 1390. The van der Waals surface area contributed by atoms with Crippen LogP contribution >= 0.6 is 22.6 Å². The Labute approximate surface area is 284 Å². The summed E-state index contributed by atoms with van der Waals surface area (Å²) >= 11 is 4.52. The van der Waals surface area contributed by atoms with Crippen LogP contribution < -0.4 is 5.32 Å². The molecule has 2 amide bonds. The van der Waals surface area contributed by atoms with Crippen LogP contribution in [0.3, 0.4) is 0 Å². The van der Waals surface area contributed by atoms with E-state index in [-0.39, 0.29) is 29.4 Å². The topological polar surface area (TPSA) is 102 Å². The molecule has 0 heterocycles. The van der Waals surface area contributed by atoms with Crippen molar-refractivity contribution in [1.82, 2.24) is 9.62 Å². The van der Waals surface area contributed by atoms with Crippen molar-refractivity contribution in [3.05, 3.63) is 70.3 Å². The SMILES string of the molecule is Cc1ccc(C(=O)N(SS)C(CC(C)C)(C(=O)OC(C)(C)C)c2cc(C)ccc2C(=O)NC(CC(C)C)C(=O)OC(C)(C)C)cc1. The lowest BCUT2D eigenvalue weighted by Gasteiger charge is -2.43. The van der Waals surface area contributed by atoms with E-state index in [1.807, 2.05) is 53.7 Å². The maximum atomic E-state index is 14.7. The number of aryl methyl sites for hydroxylation is 2. The van der Waals surface area contributed by atoms with Gasteiger partial charge in [-0.1, -0.05) is 74.7 Å². The van der Waals surface area contributed by atoms with Crippen LogP contribution in [0.4, 0.5) is 0 Å². The monoisotopic (exact) mass is 672 g/mol. The van der Waals surface area contributed by atoms with E-state index in [0.717, 1.165) is 22.1 Å². The molecule has 0 spiro atoms. The summed E-state index contributed by atoms with van der Waals surface area (Å²) in [5, 5.41) is 2.89. The van der Waals surface area contributed by atoms with Crippen LogP contribution in [0.15, 0.2) is 42.5 Å². The van der Waals surface area contributed by atoms with Crippen molar-refractivity contribution >= 4 is 46.4 Å². The van der Waals surface area contributed by atoms with Gasteiger partial charge in [0, 0.05) is 27.7 Å². The van der Waals surface area contributed by atoms with Gasteiger partial charge in [-0.15, -0.1) is 0 Å². The van der Waals surface area contributed by atoms with Gasteiger partial charge in [0.15, 0.2) is 5.54 Å². The second kappa shape index (κ2) is 15.7. The second-order valence-corrected chi connectivity index (χ2v) is 15.8. The maximum absolute atomic E-state index is 14.7. The van der Waals surface area contributed by atoms with Gasteiger partial charge in [-0.05, 0) is 98.3 Å². The van der Waals surface area contributed by atoms with Crippen LogP contribution in [-0.2, 0) is 24.6 Å². The van der Waals surface area contributed by atoms with Gasteiger partial charge in [0.25, 0.3) is 11.8 Å². The highest BCUT2D eigenvalue weighted by Gasteiger charge is 2.53. The standard InChI is InChI=1S/C36H52N2O6S2/c1-22(2)19-29(32(41)43-34(7,8)9)37-30(39)27-18-15-25(6)20-28(27)36(21-23(3)4,33(42)44-35(10,11)12)38(46-45)31(40)26-16-13-24(5)14-17-26/h13-18,20,22-23,29,45H,19,21H2,1-12H3,(H,37,39). The summed E-state index contributed by atoms with van der Waals surface area (Å²) in [6, 6.07) is 11.2. The molecule has 0 aromatic heterocycles. The van der Waals surface area contributed by atoms with Gasteiger partial charge >= 0.3 is 11.9 Å². The lowest BCUT2D eigenvalue weighted by atomic mass is 9.78. The lowest BCUT2D eigenvalue weighted by molar-refractivity contribution is -0.167. The molecule has 2 unspecified atom stereocenters. The molecule has 2 aromatic rings. The highest BCUT2D eigenvalue weighted by atomic mass is 33.1. The Hall–Kier alpha value is -2.98. The number of esters is 2. The van der Waals surface area contributed by atoms with Crippen molar-refractivity contribution in [2.24, 2.45) is 11.8 Å². The summed E-state index contributed by atoms with van der Waals surface area (Å²) in [6.45, 7) is 22.1. The number of ether oxygens (including phenoxy) is 2. The van der Waals surface area contributed by atoms with E-state index in [9.17, 15) is 19.2 Å². The molecular weight excluding hydrogens is 621 g/mol. The number of hydrogen-bond acceptors (Lipinski definition) is 8. The van der Waals surface area contributed by atoms with Crippen LogP contribution in [0.1, 0.15) is 119 Å². The first-order chi connectivity index (χ1) is 21.1. The average molecular weight is 673 g/mol. The first-order valence-corrected chi connectivity index (χ1v) is 17.5. The summed E-state index contributed by atoms with van der Waals surface area (Å²) in [5.74, 6) is -2.35. The van der Waals surface area contributed by atoms with Crippen LogP contribution in [0.2, 0.25) is 0 Å². The Morgan fingerprint density at radius 3 is 1.85 bits per heavy atom. The number of nitrogens with one attached hydrogen (secondary N) is 1. The highest BCUT2D eigenvalue weighted by molar-refractivity contribution is 8.67. The minimum Gasteiger partial charge on any atom is -0.458 e. The highest BCUT2D eigenvalue weighted by Crippen LogP contribution is 2.45. The first-order valence-electron chi connectivity index (χ1n) is 15.7. The van der Waals surface area contributed by atoms with Crippen LogP contribution in [-0.4, -0.2) is 45.3 Å². The summed E-state index contributed by atoms with van der Waals surface area (Å²) in [6.07, 6.45) is 0.466. The average Bonchev–Trinajstić information content (AvgIpc) is 2.90. The second-order valence-electron chi connectivity index (χ2n) is 14.7. The Balaban J connectivity index is 2.91. The van der Waals surface area contributed by atoms with Gasteiger partial charge in [0.2, 0.25) is 0 Å². The molecule has 0 saturated carbocycles. The molecule has 10 heteroatoms. The van der Waals surface area contributed by atoms with Gasteiger partial charge in [-0.25, -0.2) is 9.59 Å². The number of carbonyl (C=O) groups excluding carboxylic acids is 4. The fourth-order valence-electron chi connectivity index (χ4n) is 5.12. The molecule has 0 saturated heterocycles. The third kappa shape index (κ3) is 10.5. The van der Waals surface area contributed by atoms with Crippen molar-refractivity contribution in [1.29, 1.82) is 0 Å². The predicted molar refractivity (Wildman–Crippen MR) is 189 cm³/mol. The first kappa shape index (κ1) is 39.2. The largest absolute Gasteiger partial charge is 0.458 e. The summed E-state index contributed by atoms with van der Waals surface area (Å²) < 4.78 is 13.0. The van der Waals surface area contributed by atoms with E-state index in [4.69, 9.17) is 9.47 Å². The zero-order valence-electron chi connectivity index (χ0n) is 29.4. The van der Waals surface area contributed by atoms with Gasteiger partial charge < -0.3 is 14.8 Å². The third-order valence-corrected chi connectivity index (χ3v) is 8.05. The molecule has 254 valence electrons. The van der Waals surface area contributed by atoms with Gasteiger partial charge in [-0.3, -0.25) is 13.9 Å². The molecule has 2 aromatic carbocycles. The molecule has 0 aliphatic carbocycles. The summed E-state index contributed by atoms with van der Waals surface area (Å²) in [4.78, 5) is 56.5. The molecule has 2 atom stereocenters. The van der Waals surface area contributed by atoms with Crippen molar-refractivity contribution in [3.63, 3.8) is 0 Å². The number of nitrogens with zero attached hydrogens (tertiary/aromatic N) is 1. The zero-order valence-corrected chi connectivity index (χ0v) is 31.2. The fraction of sp³-hybridized carbons (Fsp3) is 0.556. The third-order valence-electron chi connectivity index (χ3n) is 6.92. The zero-order chi connectivity index (χ0) is 35.2. The number of carbonyl (C=O) groups is 4. The maximum Gasteiger partial charge on any atom is 0.338 e.